The van der Waals surface area contributed by atoms with Crippen LogP contribution in [0.15, 0.2) is 24.3 Å². The Labute approximate surface area is 206 Å². The van der Waals surface area contributed by atoms with Gasteiger partial charge in [-0.05, 0) is 68.0 Å². The third kappa shape index (κ3) is 4.55. The summed E-state index contributed by atoms with van der Waals surface area (Å²) < 4.78 is 14.2. The molecule has 5 unspecified atom stereocenters. The number of fused-ring (bicyclic) bond motifs is 2. The second kappa shape index (κ2) is 8.84. The van der Waals surface area contributed by atoms with E-state index in [-0.39, 0.29) is 17.9 Å². The molecule has 0 aromatic heterocycles. The van der Waals surface area contributed by atoms with Crippen molar-refractivity contribution in [1.82, 2.24) is 0 Å². The molecule has 2 nitrogen and oxygen atoms in total. The molecule has 1 aliphatic heterocycles. The zero-order valence-corrected chi connectivity index (χ0v) is 23.9. The molecule has 1 heterocycles. The summed E-state index contributed by atoms with van der Waals surface area (Å²) in [5, 5.41) is 0. The average molecular weight is 457 g/mol. The molecule has 0 radical (unpaired) electrons. The van der Waals surface area contributed by atoms with E-state index in [9.17, 15) is 0 Å². The largest absolute Gasteiger partial charge is 0.458 e. The van der Waals surface area contributed by atoms with Crippen molar-refractivity contribution in [1.29, 1.82) is 0 Å². The van der Waals surface area contributed by atoms with Crippen LogP contribution < -0.4 is 0 Å². The second-order valence-electron chi connectivity index (χ2n) is 14.3. The summed E-state index contributed by atoms with van der Waals surface area (Å²) in [5.41, 5.74) is -0.749. The van der Waals surface area contributed by atoms with E-state index in [1.807, 2.05) is 0 Å². The summed E-state index contributed by atoms with van der Waals surface area (Å²) in [6.45, 7) is 27.9. The minimum absolute atomic E-state index is 0.142. The zero-order valence-electron chi connectivity index (χ0n) is 23.9. The maximum atomic E-state index is 7.08. The van der Waals surface area contributed by atoms with Crippen molar-refractivity contribution < 1.29 is 9.31 Å². The Morgan fingerprint density at radius 1 is 0.818 bits per heavy atom. The van der Waals surface area contributed by atoms with Crippen LogP contribution >= 0.6 is 0 Å². The zero-order chi connectivity index (χ0) is 25.0. The first-order valence-electron chi connectivity index (χ1n) is 13.7. The lowest BCUT2D eigenvalue weighted by atomic mass is 9.43. The molecule has 1 saturated heterocycles. The molecule has 3 saturated carbocycles. The van der Waals surface area contributed by atoms with Crippen LogP contribution in [0.2, 0.25) is 6.32 Å². The van der Waals surface area contributed by atoms with E-state index in [0.29, 0.717) is 23.2 Å². The van der Waals surface area contributed by atoms with Crippen LogP contribution in [0.3, 0.4) is 0 Å². The predicted octanol–water partition coefficient (Wildman–Crippen LogP) is 8.59. The van der Waals surface area contributed by atoms with Gasteiger partial charge < -0.3 is 9.31 Å². The van der Waals surface area contributed by atoms with Gasteiger partial charge in [-0.3, -0.25) is 0 Å². The van der Waals surface area contributed by atoms with Gasteiger partial charge >= 0.3 is 7.12 Å². The Kier molecular flexibility index (Phi) is 7.25. The Balaban J connectivity index is 1.94. The number of allylic oxidation sites excluding steroid dienone is 2. The third-order valence-electron chi connectivity index (χ3n) is 10.4. The summed E-state index contributed by atoms with van der Waals surface area (Å²) in [5.74, 6) is 3.50. The molecule has 0 aromatic carbocycles. The van der Waals surface area contributed by atoms with Crippen LogP contribution in [0.5, 0.6) is 0 Å². The van der Waals surface area contributed by atoms with Crippen LogP contribution in [-0.2, 0) is 9.31 Å². The summed E-state index contributed by atoms with van der Waals surface area (Å²) >= 11 is 0. The SMILES string of the molecule is CC(C)C=CC(C)(C)C1(C)OB(CC2CCC3CC2C3(C)C)OC1(C)C(C)(C)C=CC(C)C. The van der Waals surface area contributed by atoms with Crippen LogP contribution in [0.25, 0.3) is 0 Å². The van der Waals surface area contributed by atoms with Gasteiger partial charge in [-0.15, -0.1) is 0 Å². The first kappa shape index (κ1) is 27.1. The minimum Gasteiger partial charge on any atom is -0.402 e. The van der Waals surface area contributed by atoms with E-state index in [2.05, 4.69) is 107 Å². The minimum atomic E-state index is -0.451. The maximum absolute atomic E-state index is 7.08. The molecule has 4 rings (SSSR count). The van der Waals surface area contributed by atoms with Crippen LogP contribution in [0.1, 0.15) is 102 Å². The van der Waals surface area contributed by atoms with Gasteiger partial charge in [-0.2, -0.15) is 0 Å². The molecule has 5 atom stereocenters. The van der Waals surface area contributed by atoms with Crippen LogP contribution in [0, 0.1) is 45.8 Å². The lowest BCUT2D eigenvalue weighted by Crippen LogP contribution is -2.62. The van der Waals surface area contributed by atoms with E-state index in [1.54, 1.807) is 0 Å². The fourth-order valence-electron chi connectivity index (χ4n) is 7.08. The topological polar surface area (TPSA) is 18.5 Å². The Bertz CT molecular complexity index is 715. The maximum Gasteiger partial charge on any atom is 0.458 e. The molecule has 33 heavy (non-hydrogen) atoms. The Morgan fingerprint density at radius 3 is 1.64 bits per heavy atom. The molecule has 0 N–H and O–H groups in total. The van der Waals surface area contributed by atoms with Gasteiger partial charge in [0.25, 0.3) is 0 Å². The van der Waals surface area contributed by atoms with Gasteiger partial charge in [0.15, 0.2) is 0 Å². The van der Waals surface area contributed by atoms with Gasteiger partial charge in [0.05, 0.1) is 11.2 Å². The molecule has 0 amide bonds. The average Bonchev–Trinajstić information content (AvgIpc) is 2.97. The molecular weight excluding hydrogens is 403 g/mol. The molecule has 2 bridgehead atoms. The van der Waals surface area contributed by atoms with E-state index in [0.717, 1.165) is 18.2 Å². The second-order valence-corrected chi connectivity index (χ2v) is 14.3. The molecule has 0 spiro atoms. The summed E-state index contributed by atoms with van der Waals surface area (Å²) in [6.07, 6.45) is 14.6. The van der Waals surface area contributed by atoms with Crippen molar-refractivity contribution in [2.45, 2.75) is 120 Å². The fraction of sp³-hybridized carbons (Fsp3) is 0.867. The highest BCUT2D eigenvalue weighted by molar-refractivity contribution is 6.45. The Morgan fingerprint density at radius 2 is 1.27 bits per heavy atom. The molecule has 3 heteroatoms. The van der Waals surface area contributed by atoms with E-state index >= 15 is 0 Å². The van der Waals surface area contributed by atoms with Crippen molar-refractivity contribution in [3.05, 3.63) is 24.3 Å². The third-order valence-corrected chi connectivity index (χ3v) is 10.4. The number of hydrogen-bond acceptors (Lipinski definition) is 2. The lowest BCUT2D eigenvalue weighted by Gasteiger charge is -2.60. The molecule has 3 aliphatic carbocycles. The van der Waals surface area contributed by atoms with Crippen molar-refractivity contribution in [3.63, 3.8) is 0 Å². The van der Waals surface area contributed by atoms with Crippen molar-refractivity contribution >= 4 is 7.12 Å². The quantitative estimate of drug-likeness (QED) is 0.269. The van der Waals surface area contributed by atoms with Gasteiger partial charge in [0.1, 0.15) is 0 Å². The molecule has 0 aromatic rings. The van der Waals surface area contributed by atoms with Crippen molar-refractivity contribution in [2.24, 2.45) is 45.8 Å². The first-order valence-corrected chi connectivity index (χ1v) is 13.7. The van der Waals surface area contributed by atoms with Crippen LogP contribution in [-0.4, -0.2) is 18.3 Å². The normalized spacial score (nSPS) is 37.0. The molecular formula is C30H53BO2. The fourth-order valence-corrected chi connectivity index (χ4v) is 7.08. The first-order chi connectivity index (χ1) is 15.0. The number of hydrogen-bond donors (Lipinski definition) is 0. The molecule has 4 fully saturated rings. The number of rotatable bonds is 8. The Hall–Kier alpha value is -0.535. The highest BCUT2D eigenvalue weighted by atomic mass is 16.7. The highest BCUT2D eigenvalue weighted by Gasteiger charge is 2.67. The summed E-state index contributed by atoms with van der Waals surface area (Å²) in [4.78, 5) is 0. The van der Waals surface area contributed by atoms with E-state index < -0.39 is 11.2 Å². The van der Waals surface area contributed by atoms with Gasteiger partial charge in [-0.25, -0.2) is 0 Å². The summed E-state index contributed by atoms with van der Waals surface area (Å²) in [7, 11) is -0.142. The van der Waals surface area contributed by atoms with Gasteiger partial charge in [-0.1, -0.05) is 100.0 Å². The van der Waals surface area contributed by atoms with Crippen molar-refractivity contribution in [3.8, 4) is 0 Å². The van der Waals surface area contributed by atoms with Gasteiger partial charge in [0.2, 0.25) is 0 Å². The molecule has 188 valence electrons. The van der Waals surface area contributed by atoms with E-state index in [1.165, 1.54) is 19.3 Å². The van der Waals surface area contributed by atoms with Crippen LogP contribution in [0.4, 0.5) is 0 Å². The van der Waals surface area contributed by atoms with Gasteiger partial charge in [0, 0.05) is 10.8 Å². The molecule has 4 aliphatic rings. The standard InChI is InChI=1S/C30H53BO2/c1-21(2)15-17-26(5,6)29(11)30(12,27(7,8)18-16-22(3)4)33-31(32-29)20-23-13-14-24-19-25(23)28(24,9)10/h15-18,21-25H,13-14,19-20H2,1-12H3. The van der Waals surface area contributed by atoms with Crippen molar-refractivity contribution in [2.75, 3.05) is 0 Å². The monoisotopic (exact) mass is 456 g/mol. The predicted molar refractivity (Wildman–Crippen MR) is 143 cm³/mol. The smallest absolute Gasteiger partial charge is 0.402 e. The highest BCUT2D eigenvalue weighted by Crippen LogP contribution is 2.63. The lowest BCUT2D eigenvalue weighted by molar-refractivity contribution is -0.129. The summed E-state index contributed by atoms with van der Waals surface area (Å²) in [6, 6.07) is 0. The van der Waals surface area contributed by atoms with E-state index in [4.69, 9.17) is 9.31 Å².